The summed E-state index contributed by atoms with van der Waals surface area (Å²) < 4.78 is 153. The van der Waals surface area contributed by atoms with Crippen molar-refractivity contribution < 1.29 is 101 Å². The lowest BCUT2D eigenvalue weighted by Gasteiger charge is -2.50. The van der Waals surface area contributed by atoms with Crippen LogP contribution in [0.15, 0.2) is 12.2 Å². The van der Waals surface area contributed by atoms with Crippen LogP contribution in [-0.2, 0) is 57.5 Å². The minimum Gasteiger partial charge on any atom is -0.377 e. The minimum atomic E-state index is -5.25. The number of carbonyl (C=O) groups excluding carboxylic acids is 11. The molecule has 3 N–H and O–H groups in total. The molecule has 6 saturated carbocycles. The summed E-state index contributed by atoms with van der Waals surface area (Å²) in [7, 11) is 8.13. The van der Waals surface area contributed by atoms with Crippen molar-refractivity contribution in [3.63, 3.8) is 0 Å². The van der Waals surface area contributed by atoms with Crippen LogP contribution in [0, 0.1) is 47.3 Å². The smallest absolute Gasteiger partial charge is 0.377 e. The Kier molecular flexibility index (Phi) is 28.4. The molecule has 0 radical (unpaired) electrons. The predicted octanol–water partition coefficient (Wildman–Crippen LogP) is 8.06. The fourth-order valence-corrected chi connectivity index (χ4v) is 18.2. The maximum absolute atomic E-state index is 15.8. The van der Waals surface area contributed by atoms with E-state index in [1.54, 1.807) is 32.9 Å². The predicted molar refractivity (Wildman–Crippen MR) is 378 cm³/mol. The number of halogens is 10. The third-order valence-electron chi connectivity index (χ3n) is 25.4. The van der Waals surface area contributed by atoms with Gasteiger partial charge in [0.2, 0.25) is 65.0 Å². The van der Waals surface area contributed by atoms with Crippen molar-refractivity contribution in [3.8, 4) is 0 Å². The summed E-state index contributed by atoms with van der Waals surface area (Å²) >= 11 is 0. The lowest BCUT2D eigenvalue weighted by atomic mass is 9.71. The second-order valence-corrected chi connectivity index (χ2v) is 33.1. The monoisotopic (exact) mass is 1560 g/mol. The van der Waals surface area contributed by atoms with Crippen molar-refractivity contribution in [3.05, 3.63) is 12.2 Å². The Hall–Kier alpha value is -6.83. The second-order valence-electron chi connectivity index (χ2n) is 33.1. The van der Waals surface area contributed by atoms with Gasteiger partial charge in [0.05, 0.1) is 25.1 Å². The molecule has 9 rings (SSSR count). The fraction of sp³-hybridized carbons (Fsp3) is 0.829. The van der Waals surface area contributed by atoms with Crippen LogP contribution in [-0.4, -0.2) is 270 Å². The topological polar surface area (TPSA) is 259 Å². The molecule has 3 aliphatic heterocycles. The summed E-state index contributed by atoms with van der Waals surface area (Å²) in [4.78, 5) is 176. The molecule has 33 heteroatoms. The van der Waals surface area contributed by atoms with E-state index in [-0.39, 0.29) is 89.2 Å². The van der Waals surface area contributed by atoms with E-state index in [2.05, 4.69) is 16.0 Å². The average molecular weight is 1560 g/mol. The molecule has 8 fully saturated rings. The van der Waals surface area contributed by atoms with Gasteiger partial charge in [-0.2, -0.15) is 26.3 Å². The van der Waals surface area contributed by atoms with Gasteiger partial charge < -0.3 is 59.9 Å². The molecule has 9 aliphatic rings. The van der Waals surface area contributed by atoms with E-state index in [1.807, 2.05) is 0 Å². The average Bonchev–Trinajstić information content (AvgIpc) is 1.59. The van der Waals surface area contributed by atoms with Crippen LogP contribution in [0.3, 0.4) is 0 Å². The fourth-order valence-electron chi connectivity index (χ4n) is 18.2. The standard InChI is InChI=1S/C76H113F10N11O12/c1-10-43(3)63-70(106)91(5)40-61(100)92(6)54-22-13-12-16-31-96(69(54)105)58(35-45-25-28-49(29-26-45)75(81,82)83)68(104)90(4)39-59(98)87-53(30-27-46-32-51(77)62(52(78)33-46)76(84,85)86)67(103)97-38-50(109-11-2)36-57(97)66(102)89-73(41-74(79,80)42-73)72(108)95(9)64(48-18-14-15-19-48)71(107)94(8)55(47-20-17-21-47)37-60(99)93(7)56(65(101)88-63)34-44-23-24-44/h12-13,43-58,62-64H,10-11,14-42H2,1-9H3,(H,87,98)(H,88,101)(H,89,102)/b13-12-/t43-,45?,46?,49?,50+,51?,52?,53-,54-,55-,56-,57-,58-,62?,63-,64-/m0/s1. The molecular formula is C76H113F10N11O12. The lowest BCUT2D eigenvalue weighted by Crippen LogP contribution is -2.72. The van der Waals surface area contributed by atoms with Crippen LogP contribution in [0.25, 0.3) is 0 Å². The first-order valence-electron chi connectivity index (χ1n) is 39.3. The van der Waals surface area contributed by atoms with Gasteiger partial charge in [-0.3, -0.25) is 52.7 Å². The number of carbonyl (C=O) groups is 11. The van der Waals surface area contributed by atoms with Gasteiger partial charge in [0.25, 0.3) is 5.92 Å². The van der Waals surface area contributed by atoms with Gasteiger partial charge in [0, 0.05) is 93.7 Å². The molecule has 3 heterocycles. The largest absolute Gasteiger partial charge is 0.397 e. The number of nitrogens with one attached hydrogen (secondary N) is 3. The highest BCUT2D eigenvalue weighted by Gasteiger charge is 2.65. The minimum absolute atomic E-state index is 0.00960. The number of fused-ring (bicyclic) bond motifs is 3. The molecule has 0 aromatic heterocycles. The molecule has 23 nitrogen and oxygen atoms in total. The molecule has 109 heavy (non-hydrogen) atoms. The van der Waals surface area contributed by atoms with Crippen LogP contribution in [0.2, 0.25) is 0 Å². The summed E-state index contributed by atoms with van der Waals surface area (Å²) in [6.07, 6.45) is -13.0. The maximum Gasteiger partial charge on any atom is 0.397 e. The Balaban J connectivity index is 1.10. The van der Waals surface area contributed by atoms with Crippen molar-refractivity contribution in [1.29, 1.82) is 0 Å². The molecule has 2 bridgehead atoms. The Morgan fingerprint density at radius 3 is 1.73 bits per heavy atom. The third-order valence-corrected chi connectivity index (χ3v) is 25.4. The SMILES string of the molecule is CCO[C@@H]1C[C@H]2C(=O)NC3(CC(F)(F)C3)C(=O)N(C)[C@@H](C3CCCC3)C(=O)N(C)[C@H](C3CCC3)CC(=O)N(C)[C@@H](CC3CC3)C(=O)N[C@@H]([C@@H](C)CC)C(=O)N(C)CC(=O)N(C)[C@H]3C/C=C\CCN(C3=O)[C@@H](CC3CCC(C(F)(F)F)CC3)C(=O)N(C)CC(=O)N[C@@H](CCC3CC(F)C(C(F)(F)F)C(F)C3)C(=O)N2C1. The number of hydrogen-bond donors (Lipinski definition) is 3. The molecule has 2 unspecified atom stereocenters. The lowest BCUT2D eigenvalue weighted by molar-refractivity contribution is -0.219. The van der Waals surface area contributed by atoms with E-state index < -0.39 is 249 Å². The second kappa shape index (κ2) is 35.9. The van der Waals surface area contributed by atoms with Crippen molar-refractivity contribution in [2.24, 2.45) is 47.3 Å². The highest BCUT2D eigenvalue weighted by molar-refractivity contribution is 6.00. The Morgan fingerprint density at radius 2 is 1.17 bits per heavy atom. The number of nitrogens with zero attached hydrogens (tertiary/aromatic N) is 8. The zero-order valence-electron chi connectivity index (χ0n) is 64.3. The van der Waals surface area contributed by atoms with Crippen LogP contribution in [0.1, 0.15) is 188 Å². The molecule has 12 atom stereocenters. The molecule has 2 saturated heterocycles. The molecule has 614 valence electrons. The van der Waals surface area contributed by atoms with Crippen molar-refractivity contribution in [2.75, 3.05) is 75.1 Å². The van der Waals surface area contributed by atoms with Gasteiger partial charge in [-0.15, -0.1) is 0 Å². The van der Waals surface area contributed by atoms with E-state index in [0.717, 1.165) is 43.8 Å². The van der Waals surface area contributed by atoms with Crippen molar-refractivity contribution >= 4 is 65.0 Å². The van der Waals surface area contributed by atoms with Crippen LogP contribution >= 0.6 is 0 Å². The zero-order valence-corrected chi connectivity index (χ0v) is 64.3. The van der Waals surface area contributed by atoms with E-state index in [1.165, 1.54) is 57.0 Å². The summed E-state index contributed by atoms with van der Waals surface area (Å²) in [5, 5.41) is 8.05. The number of amides is 11. The number of likely N-dealkylation sites (N-methyl/N-ethyl adjacent to an activating group) is 6. The van der Waals surface area contributed by atoms with E-state index >= 15 is 51.1 Å². The van der Waals surface area contributed by atoms with Crippen LogP contribution in [0.4, 0.5) is 43.9 Å². The maximum atomic E-state index is 15.8. The summed E-state index contributed by atoms with van der Waals surface area (Å²) in [6, 6.07) is -10.9. The van der Waals surface area contributed by atoms with Gasteiger partial charge in [-0.1, -0.05) is 64.5 Å². The Morgan fingerprint density at radius 1 is 0.578 bits per heavy atom. The summed E-state index contributed by atoms with van der Waals surface area (Å²) in [5.74, 6) is -20.4. The number of alkyl halides is 10. The van der Waals surface area contributed by atoms with Gasteiger partial charge >= 0.3 is 12.4 Å². The highest BCUT2D eigenvalue weighted by atomic mass is 19.4. The van der Waals surface area contributed by atoms with Crippen LogP contribution in [0.5, 0.6) is 0 Å². The normalized spacial score (nSPS) is 33.8. The Labute approximate surface area is 632 Å². The third kappa shape index (κ3) is 20.5. The quantitative estimate of drug-likeness (QED) is 0.117. The van der Waals surface area contributed by atoms with E-state index in [4.69, 9.17) is 4.74 Å². The van der Waals surface area contributed by atoms with E-state index in [9.17, 15) is 45.5 Å². The molecule has 0 aromatic carbocycles. The molecular weight excluding hydrogens is 1450 g/mol. The molecule has 6 aliphatic carbocycles. The first kappa shape index (κ1) is 86.2. The van der Waals surface area contributed by atoms with Gasteiger partial charge in [0.15, 0.2) is 0 Å². The van der Waals surface area contributed by atoms with Crippen molar-refractivity contribution in [2.45, 2.75) is 278 Å². The number of hydrogen-bond acceptors (Lipinski definition) is 12. The first-order chi connectivity index (χ1) is 51.2. The summed E-state index contributed by atoms with van der Waals surface area (Å²) in [6.45, 7) is 3.00. The van der Waals surface area contributed by atoms with Crippen molar-refractivity contribution in [1.82, 2.24) is 55.1 Å². The number of rotatable bonds is 13. The molecule has 1 spiro atoms. The number of ether oxygens (including phenoxy) is 1. The van der Waals surface area contributed by atoms with E-state index in [0.29, 0.717) is 44.9 Å². The van der Waals surface area contributed by atoms with Gasteiger partial charge in [-0.25, -0.2) is 17.6 Å². The summed E-state index contributed by atoms with van der Waals surface area (Å²) in [5.41, 5.74) is -2.41. The van der Waals surface area contributed by atoms with Gasteiger partial charge in [0.1, 0.15) is 66.1 Å². The molecule has 0 aromatic rings. The molecule has 11 amide bonds. The zero-order chi connectivity index (χ0) is 80.1. The van der Waals surface area contributed by atoms with Crippen LogP contribution < -0.4 is 16.0 Å². The van der Waals surface area contributed by atoms with Gasteiger partial charge in [-0.05, 0) is 145 Å². The first-order valence-corrected chi connectivity index (χ1v) is 39.3. The highest BCUT2D eigenvalue weighted by Crippen LogP contribution is 2.49. The Bertz CT molecular complexity index is 3290.